The van der Waals surface area contributed by atoms with E-state index < -0.39 is 0 Å². The van der Waals surface area contributed by atoms with Crippen molar-refractivity contribution in [1.82, 2.24) is 0 Å². The van der Waals surface area contributed by atoms with Gasteiger partial charge in [0, 0.05) is 13.2 Å². The van der Waals surface area contributed by atoms with Crippen LogP contribution in [0.4, 0.5) is 0 Å². The molecule has 0 saturated carbocycles. The molecular formula is C6H14ClN2O2Pt-2. The summed E-state index contributed by atoms with van der Waals surface area (Å²) in [6, 6.07) is 0. The number of aliphatic hydroxyl groups excluding tert-OH is 2. The average molecular weight is 377 g/mol. The van der Waals surface area contributed by atoms with Gasteiger partial charge in [-0.3, -0.25) is 0 Å². The van der Waals surface area contributed by atoms with E-state index in [4.69, 9.17) is 10.2 Å². The molecule has 0 aliphatic heterocycles. The molecule has 0 heterocycles. The van der Waals surface area contributed by atoms with Crippen molar-refractivity contribution in [2.24, 2.45) is 0 Å². The van der Waals surface area contributed by atoms with Crippen LogP contribution in [-0.4, -0.2) is 49.6 Å². The van der Waals surface area contributed by atoms with Crippen LogP contribution in [0.25, 0.3) is 10.6 Å². The van der Waals surface area contributed by atoms with Gasteiger partial charge < -0.3 is 20.8 Å². The summed E-state index contributed by atoms with van der Waals surface area (Å²) in [5.41, 5.74) is 0. The minimum absolute atomic E-state index is 0.111. The van der Waals surface area contributed by atoms with Gasteiger partial charge in [0.1, 0.15) is 0 Å². The molecule has 0 amide bonds. The fourth-order valence-electron chi connectivity index (χ4n) is 0.506. The Morgan fingerprint density at radius 1 is 0.833 bits per heavy atom. The third-order valence-electron chi connectivity index (χ3n) is 0.932. The van der Waals surface area contributed by atoms with Crippen molar-refractivity contribution in [2.75, 3.05) is 39.4 Å². The molecule has 0 aliphatic rings. The molecule has 0 saturated heterocycles. The molecule has 0 spiro atoms. The second kappa shape index (κ2) is 17.8. The molecule has 0 unspecified atom stereocenters. The second-order valence-electron chi connectivity index (χ2n) is 1.79. The van der Waals surface area contributed by atoms with Crippen LogP contribution in [0.1, 0.15) is 0 Å². The van der Waals surface area contributed by atoms with Crippen molar-refractivity contribution in [3.05, 3.63) is 10.6 Å². The summed E-state index contributed by atoms with van der Waals surface area (Å²) in [4.78, 5) is 0. The molecule has 0 aromatic heterocycles. The van der Waals surface area contributed by atoms with Crippen molar-refractivity contribution < 1.29 is 29.0 Å². The van der Waals surface area contributed by atoms with Gasteiger partial charge >= 0.3 is 28.2 Å². The number of hydrogen-bond acceptors (Lipinski definition) is 2. The Hall–Kier alpha value is 0.818. The summed E-state index contributed by atoms with van der Waals surface area (Å²) >= 11 is 1.61. The first-order valence-corrected chi connectivity index (χ1v) is 6.33. The van der Waals surface area contributed by atoms with E-state index in [1.807, 2.05) is 0 Å². The SMILES string of the molecule is OCC[N-]CC[N-]CCO.[Cl][Pt]. The predicted molar refractivity (Wildman–Crippen MR) is 46.2 cm³/mol. The number of halogens is 1. The van der Waals surface area contributed by atoms with Crippen LogP contribution in [0, 0.1) is 0 Å². The molecule has 0 aromatic rings. The Morgan fingerprint density at radius 2 is 1.17 bits per heavy atom. The van der Waals surface area contributed by atoms with Gasteiger partial charge in [-0.1, -0.05) is 0 Å². The molecule has 4 nitrogen and oxygen atoms in total. The molecule has 0 rings (SSSR count). The first-order valence-electron chi connectivity index (χ1n) is 3.52. The molecule has 0 bridgehead atoms. The molecule has 2 N–H and O–H groups in total. The zero-order valence-electron chi connectivity index (χ0n) is 6.73. The quantitative estimate of drug-likeness (QED) is 0.632. The fraction of sp³-hybridized carbons (Fsp3) is 1.00. The maximum absolute atomic E-state index is 8.30. The fourth-order valence-corrected chi connectivity index (χ4v) is 0.506. The predicted octanol–water partition coefficient (Wildman–Crippen LogP) is 0.405. The molecule has 0 fully saturated rings. The first kappa shape index (κ1) is 15.3. The van der Waals surface area contributed by atoms with E-state index in [9.17, 15) is 0 Å². The standard InChI is InChI=1S/C6H14N2O2.ClH.Pt/c9-5-3-7-1-2-8-4-6-10;;/h9-10H,1-6H2;1H;/q-2;;+1/p-1. The van der Waals surface area contributed by atoms with Crippen LogP contribution >= 0.6 is 9.42 Å². The van der Waals surface area contributed by atoms with Crippen molar-refractivity contribution >= 4 is 9.42 Å². The van der Waals surface area contributed by atoms with Gasteiger partial charge in [-0.25, -0.2) is 0 Å². The maximum atomic E-state index is 8.30. The van der Waals surface area contributed by atoms with Crippen LogP contribution in [0.2, 0.25) is 0 Å². The third-order valence-corrected chi connectivity index (χ3v) is 0.932. The molecule has 0 aromatic carbocycles. The van der Waals surface area contributed by atoms with Crippen LogP contribution < -0.4 is 0 Å². The van der Waals surface area contributed by atoms with E-state index in [0.29, 0.717) is 26.2 Å². The van der Waals surface area contributed by atoms with E-state index >= 15 is 0 Å². The van der Waals surface area contributed by atoms with Crippen molar-refractivity contribution in [1.29, 1.82) is 0 Å². The Morgan fingerprint density at radius 3 is 1.42 bits per heavy atom. The zero-order valence-corrected chi connectivity index (χ0v) is 9.75. The topological polar surface area (TPSA) is 68.7 Å². The first-order chi connectivity index (χ1) is 5.91. The Kier molecular flexibility index (Phi) is 22.7. The number of hydrogen-bond donors (Lipinski definition) is 2. The van der Waals surface area contributed by atoms with Gasteiger partial charge in [0.05, 0.1) is 0 Å². The minimum atomic E-state index is 0.111. The van der Waals surface area contributed by atoms with E-state index in [0.717, 1.165) is 0 Å². The van der Waals surface area contributed by atoms with Gasteiger partial charge in [0.2, 0.25) is 0 Å². The summed E-state index contributed by atoms with van der Waals surface area (Å²) in [5.74, 6) is 0. The van der Waals surface area contributed by atoms with E-state index in [1.54, 1.807) is 18.8 Å². The van der Waals surface area contributed by atoms with Crippen molar-refractivity contribution in [3.63, 3.8) is 0 Å². The van der Waals surface area contributed by atoms with Crippen molar-refractivity contribution in [2.45, 2.75) is 0 Å². The van der Waals surface area contributed by atoms with E-state index in [1.165, 1.54) is 0 Å². The van der Waals surface area contributed by atoms with E-state index in [2.05, 4.69) is 20.1 Å². The van der Waals surface area contributed by atoms with Crippen LogP contribution in [0.5, 0.6) is 0 Å². The third kappa shape index (κ3) is 17.1. The van der Waals surface area contributed by atoms with Crippen LogP contribution in [0.3, 0.4) is 0 Å². The molecule has 0 radical (unpaired) electrons. The van der Waals surface area contributed by atoms with E-state index in [-0.39, 0.29) is 13.2 Å². The molecule has 12 heavy (non-hydrogen) atoms. The number of aliphatic hydroxyl groups is 2. The monoisotopic (exact) mass is 376 g/mol. The van der Waals surface area contributed by atoms with Crippen LogP contribution in [0.15, 0.2) is 0 Å². The number of rotatable bonds is 7. The molecule has 0 atom stereocenters. The summed E-state index contributed by atoms with van der Waals surface area (Å²) in [7, 11) is 4.61. The van der Waals surface area contributed by atoms with Crippen LogP contribution in [-0.2, 0) is 18.8 Å². The van der Waals surface area contributed by atoms with Crippen molar-refractivity contribution in [3.8, 4) is 0 Å². The summed E-state index contributed by atoms with van der Waals surface area (Å²) in [6.07, 6.45) is 0. The molecular weight excluding hydrogens is 363 g/mol. The Labute approximate surface area is 88.5 Å². The molecule has 0 aliphatic carbocycles. The Bertz CT molecular complexity index is 63.5. The molecule has 79 valence electrons. The Balaban J connectivity index is 0. The van der Waals surface area contributed by atoms with Gasteiger partial charge in [-0.15, -0.1) is 13.1 Å². The average Bonchev–Trinajstić information content (AvgIpc) is 2.15. The second-order valence-corrected chi connectivity index (χ2v) is 1.79. The summed E-state index contributed by atoms with van der Waals surface area (Å²) in [6.45, 7) is 2.52. The summed E-state index contributed by atoms with van der Waals surface area (Å²) < 4.78 is 0. The summed E-state index contributed by atoms with van der Waals surface area (Å²) in [5, 5.41) is 24.5. The molecule has 6 heteroatoms. The van der Waals surface area contributed by atoms with Gasteiger partial charge in [0.15, 0.2) is 0 Å². The number of nitrogens with zero attached hydrogens (tertiary/aromatic N) is 2. The van der Waals surface area contributed by atoms with Gasteiger partial charge in [-0.05, 0) is 0 Å². The zero-order chi connectivity index (χ0) is 9.66. The normalized spacial score (nSPS) is 9.08. The van der Waals surface area contributed by atoms with Gasteiger partial charge in [-0.2, -0.15) is 13.1 Å². The van der Waals surface area contributed by atoms with Gasteiger partial charge in [0.25, 0.3) is 0 Å².